The molecule has 3 atom stereocenters. The predicted molar refractivity (Wildman–Crippen MR) is 139 cm³/mol. The largest absolute Gasteiger partial charge is 0.308 e. The first kappa shape index (κ1) is 24.4. The Hall–Kier alpha value is -2.73. The first-order valence-electron chi connectivity index (χ1n) is 11.9. The summed E-state index contributed by atoms with van der Waals surface area (Å²) in [5.41, 5.74) is 4.45. The van der Waals surface area contributed by atoms with Gasteiger partial charge in [-0.2, -0.15) is 4.31 Å². The van der Waals surface area contributed by atoms with Crippen molar-refractivity contribution in [3.05, 3.63) is 114 Å². The SMILES string of the molecule is C=C(C)[C@@H]1CCN(S(=O)(=O)c2ccc(C)cc2)[C@@H](Cc2ccccc2)[C@@H]1NCc1ccccc1. The molecule has 4 rings (SSSR count). The molecule has 1 heterocycles. The monoisotopic (exact) mass is 474 g/mol. The van der Waals surface area contributed by atoms with E-state index in [9.17, 15) is 8.42 Å². The van der Waals surface area contributed by atoms with Crippen molar-refractivity contribution in [1.29, 1.82) is 0 Å². The lowest BCUT2D eigenvalue weighted by Crippen LogP contribution is -2.60. The molecule has 1 aliphatic rings. The Bertz CT molecular complexity index is 1190. The van der Waals surface area contributed by atoms with Gasteiger partial charge in [-0.25, -0.2) is 8.42 Å². The zero-order valence-corrected chi connectivity index (χ0v) is 20.8. The molecule has 5 heteroatoms. The van der Waals surface area contributed by atoms with Crippen LogP contribution in [0.5, 0.6) is 0 Å². The number of rotatable bonds is 8. The Kier molecular flexibility index (Phi) is 7.67. The molecule has 0 aliphatic carbocycles. The highest BCUT2D eigenvalue weighted by molar-refractivity contribution is 7.89. The number of hydrogen-bond acceptors (Lipinski definition) is 3. The zero-order chi connectivity index (χ0) is 24.1. The topological polar surface area (TPSA) is 49.4 Å². The van der Waals surface area contributed by atoms with Gasteiger partial charge < -0.3 is 5.32 Å². The minimum Gasteiger partial charge on any atom is -0.308 e. The Balaban J connectivity index is 1.72. The van der Waals surface area contributed by atoms with Crippen molar-refractivity contribution in [2.24, 2.45) is 5.92 Å². The molecule has 0 radical (unpaired) electrons. The fourth-order valence-corrected chi connectivity index (χ4v) is 6.61. The van der Waals surface area contributed by atoms with Crippen molar-refractivity contribution in [3.63, 3.8) is 0 Å². The van der Waals surface area contributed by atoms with Gasteiger partial charge in [-0.15, -0.1) is 0 Å². The second-order valence-electron chi connectivity index (χ2n) is 9.32. The van der Waals surface area contributed by atoms with E-state index < -0.39 is 10.0 Å². The second-order valence-corrected chi connectivity index (χ2v) is 11.2. The number of nitrogens with zero attached hydrogens (tertiary/aromatic N) is 1. The molecule has 1 saturated heterocycles. The lowest BCUT2D eigenvalue weighted by atomic mass is 9.80. The van der Waals surface area contributed by atoms with E-state index in [0.29, 0.717) is 24.4 Å². The van der Waals surface area contributed by atoms with Gasteiger partial charge in [-0.1, -0.05) is 90.5 Å². The summed E-state index contributed by atoms with van der Waals surface area (Å²) < 4.78 is 29.5. The van der Waals surface area contributed by atoms with Gasteiger partial charge >= 0.3 is 0 Å². The number of benzene rings is 3. The molecule has 1 N–H and O–H groups in total. The van der Waals surface area contributed by atoms with Crippen molar-refractivity contribution in [2.45, 2.75) is 50.2 Å². The van der Waals surface area contributed by atoms with E-state index in [1.54, 1.807) is 16.4 Å². The van der Waals surface area contributed by atoms with Crippen LogP contribution in [0.2, 0.25) is 0 Å². The van der Waals surface area contributed by atoms with Gasteiger partial charge in [-0.05, 0) is 55.9 Å². The maximum Gasteiger partial charge on any atom is 0.243 e. The summed E-state index contributed by atoms with van der Waals surface area (Å²) in [5, 5.41) is 3.74. The molecule has 0 unspecified atom stereocenters. The van der Waals surface area contributed by atoms with Crippen LogP contribution < -0.4 is 5.32 Å². The maximum atomic E-state index is 13.9. The van der Waals surface area contributed by atoms with Crippen LogP contribution in [0, 0.1) is 12.8 Å². The van der Waals surface area contributed by atoms with Crippen LogP contribution in [0.3, 0.4) is 0 Å². The standard InChI is InChI=1S/C29H34N2O2S/c1-22(2)27-18-19-31(34(32,33)26-16-14-23(3)15-17-26)28(20-24-10-6-4-7-11-24)29(27)30-21-25-12-8-5-9-13-25/h4-17,27-30H,1,18-21H2,2-3H3/t27-,28-,29+/m0/s1. The molecule has 4 nitrogen and oxygen atoms in total. The summed E-state index contributed by atoms with van der Waals surface area (Å²) in [6.07, 6.45) is 1.39. The predicted octanol–water partition coefficient (Wildman–Crippen LogP) is 5.35. The minimum absolute atomic E-state index is 0.0492. The van der Waals surface area contributed by atoms with Crippen LogP contribution >= 0.6 is 0 Å². The van der Waals surface area contributed by atoms with Gasteiger partial charge in [0.05, 0.1) is 4.90 Å². The highest BCUT2D eigenvalue weighted by Crippen LogP contribution is 2.34. The molecule has 0 spiro atoms. The van der Waals surface area contributed by atoms with E-state index in [1.165, 1.54) is 5.56 Å². The molecular weight excluding hydrogens is 440 g/mol. The van der Waals surface area contributed by atoms with Gasteiger partial charge in [0.1, 0.15) is 0 Å². The van der Waals surface area contributed by atoms with Crippen LogP contribution in [0.4, 0.5) is 0 Å². The smallest absolute Gasteiger partial charge is 0.243 e. The maximum absolute atomic E-state index is 13.9. The van der Waals surface area contributed by atoms with Crippen molar-refractivity contribution >= 4 is 10.0 Å². The quantitative estimate of drug-likeness (QED) is 0.448. The summed E-state index contributed by atoms with van der Waals surface area (Å²) in [4.78, 5) is 0.353. The summed E-state index contributed by atoms with van der Waals surface area (Å²) in [6.45, 7) is 9.46. The van der Waals surface area contributed by atoms with Crippen LogP contribution in [-0.4, -0.2) is 31.4 Å². The number of sulfonamides is 1. The normalized spacial score (nSPS) is 21.3. The Morgan fingerprint density at radius 2 is 1.53 bits per heavy atom. The lowest BCUT2D eigenvalue weighted by molar-refractivity contribution is 0.153. The second kappa shape index (κ2) is 10.7. The van der Waals surface area contributed by atoms with Crippen molar-refractivity contribution < 1.29 is 8.42 Å². The molecule has 178 valence electrons. The first-order chi connectivity index (χ1) is 16.4. The third-order valence-electron chi connectivity index (χ3n) is 6.81. The molecule has 3 aromatic rings. The molecular formula is C29H34N2O2S. The number of hydrogen-bond donors (Lipinski definition) is 1. The van der Waals surface area contributed by atoms with E-state index in [0.717, 1.165) is 23.1 Å². The Morgan fingerprint density at radius 3 is 2.12 bits per heavy atom. The molecule has 0 amide bonds. The van der Waals surface area contributed by atoms with E-state index in [2.05, 4.69) is 43.1 Å². The van der Waals surface area contributed by atoms with E-state index >= 15 is 0 Å². The number of nitrogens with one attached hydrogen (secondary N) is 1. The molecule has 1 fully saturated rings. The van der Waals surface area contributed by atoms with Gasteiger partial charge in [0, 0.05) is 25.2 Å². The molecule has 34 heavy (non-hydrogen) atoms. The first-order valence-corrected chi connectivity index (χ1v) is 13.4. The fourth-order valence-electron chi connectivity index (χ4n) is 4.95. The molecule has 1 aliphatic heterocycles. The van der Waals surface area contributed by atoms with Crippen molar-refractivity contribution in [1.82, 2.24) is 9.62 Å². The van der Waals surface area contributed by atoms with Crippen molar-refractivity contribution in [2.75, 3.05) is 6.54 Å². The average molecular weight is 475 g/mol. The third kappa shape index (κ3) is 5.49. The average Bonchev–Trinajstić information content (AvgIpc) is 2.84. The van der Waals surface area contributed by atoms with Gasteiger partial charge in [0.15, 0.2) is 0 Å². The zero-order valence-electron chi connectivity index (χ0n) is 20.0. The van der Waals surface area contributed by atoms with Crippen LogP contribution in [0.15, 0.2) is 102 Å². The molecule has 0 aromatic heterocycles. The van der Waals surface area contributed by atoms with Crippen LogP contribution in [0.1, 0.15) is 30.0 Å². The van der Waals surface area contributed by atoms with Gasteiger partial charge in [-0.3, -0.25) is 0 Å². The Morgan fingerprint density at radius 1 is 0.941 bits per heavy atom. The van der Waals surface area contributed by atoms with Crippen LogP contribution in [-0.2, 0) is 23.0 Å². The highest BCUT2D eigenvalue weighted by atomic mass is 32.2. The molecule has 0 saturated carbocycles. The van der Waals surface area contributed by atoms with Crippen LogP contribution in [0.25, 0.3) is 0 Å². The fraction of sp³-hybridized carbons (Fsp3) is 0.310. The number of aryl methyl sites for hydroxylation is 1. The highest BCUT2D eigenvalue weighted by Gasteiger charge is 2.43. The lowest BCUT2D eigenvalue weighted by Gasteiger charge is -2.45. The summed E-state index contributed by atoms with van der Waals surface area (Å²) in [5.74, 6) is 0.196. The number of piperidine rings is 1. The van der Waals surface area contributed by atoms with E-state index in [4.69, 9.17) is 0 Å². The summed E-state index contributed by atoms with van der Waals surface area (Å²) >= 11 is 0. The Labute approximate surface area is 204 Å². The summed E-state index contributed by atoms with van der Waals surface area (Å²) in [6, 6.07) is 27.3. The molecule has 0 bridgehead atoms. The van der Waals surface area contributed by atoms with Crippen molar-refractivity contribution in [3.8, 4) is 0 Å². The van der Waals surface area contributed by atoms with Gasteiger partial charge in [0.25, 0.3) is 0 Å². The minimum atomic E-state index is -3.65. The molecule has 3 aromatic carbocycles. The third-order valence-corrected chi connectivity index (χ3v) is 8.75. The van der Waals surface area contributed by atoms with E-state index in [1.807, 2.05) is 55.5 Å². The van der Waals surface area contributed by atoms with Gasteiger partial charge in [0.2, 0.25) is 10.0 Å². The summed E-state index contributed by atoms with van der Waals surface area (Å²) in [7, 11) is -3.65. The van der Waals surface area contributed by atoms with E-state index in [-0.39, 0.29) is 18.0 Å².